The van der Waals surface area contributed by atoms with Gasteiger partial charge in [-0.2, -0.15) is 0 Å². The van der Waals surface area contributed by atoms with Crippen molar-refractivity contribution >= 4 is 5.78 Å². The first kappa shape index (κ1) is 15.2. The number of piperazine rings is 1. The van der Waals surface area contributed by atoms with Crippen LogP contribution in [-0.2, 0) is 4.79 Å². The number of carbonyl (C=O) groups is 1. The van der Waals surface area contributed by atoms with Crippen molar-refractivity contribution in [2.24, 2.45) is 0 Å². The number of hydrogen-bond acceptors (Lipinski definition) is 3. The average Bonchev–Trinajstić information content (AvgIpc) is 2.36. The van der Waals surface area contributed by atoms with Crippen LogP contribution in [0.4, 0.5) is 0 Å². The van der Waals surface area contributed by atoms with Crippen molar-refractivity contribution in [2.75, 3.05) is 19.6 Å². The van der Waals surface area contributed by atoms with E-state index in [2.05, 4.69) is 55.3 Å². The highest BCUT2D eigenvalue weighted by atomic mass is 16.1. The molecule has 1 saturated heterocycles. The standard InChI is InChI=1S/C17H26N2O/c1-12-5-7-16(8-6-12)17(15(4)20)11-19-9-13(2)18-14(3)10-19/h5-8,13-14,17-18H,9-11H2,1-4H3/t13-,14+,17-/m1/s1. The molecular weight excluding hydrogens is 248 g/mol. The molecule has 0 aromatic heterocycles. The van der Waals surface area contributed by atoms with Gasteiger partial charge < -0.3 is 5.32 Å². The molecule has 1 N–H and O–H groups in total. The van der Waals surface area contributed by atoms with Gasteiger partial charge in [0.1, 0.15) is 5.78 Å². The van der Waals surface area contributed by atoms with Crippen molar-refractivity contribution in [3.8, 4) is 0 Å². The van der Waals surface area contributed by atoms with Crippen molar-refractivity contribution in [1.29, 1.82) is 0 Å². The molecule has 20 heavy (non-hydrogen) atoms. The summed E-state index contributed by atoms with van der Waals surface area (Å²) in [6.45, 7) is 11.1. The summed E-state index contributed by atoms with van der Waals surface area (Å²) in [5.74, 6) is 0.251. The van der Waals surface area contributed by atoms with Crippen molar-refractivity contribution in [3.05, 3.63) is 35.4 Å². The topological polar surface area (TPSA) is 32.3 Å². The predicted molar refractivity (Wildman–Crippen MR) is 83.1 cm³/mol. The Labute approximate surface area is 122 Å². The highest BCUT2D eigenvalue weighted by molar-refractivity contribution is 5.83. The minimum Gasteiger partial charge on any atom is -0.309 e. The molecule has 110 valence electrons. The first-order valence-electron chi connectivity index (χ1n) is 7.51. The summed E-state index contributed by atoms with van der Waals surface area (Å²) < 4.78 is 0. The molecule has 0 amide bonds. The molecular formula is C17H26N2O. The fraction of sp³-hybridized carbons (Fsp3) is 0.588. The van der Waals surface area contributed by atoms with Crippen LogP contribution in [-0.4, -0.2) is 42.4 Å². The van der Waals surface area contributed by atoms with Gasteiger partial charge in [0.05, 0.1) is 5.92 Å². The van der Waals surface area contributed by atoms with E-state index in [0.717, 1.165) is 25.2 Å². The summed E-state index contributed by atoms with van der Waals surface area (Å²) in [5.41, 5.74) is 2.38. The minimum absolute atomic E-state index is 0.00639. The summed E-state index contributed by atoms with van der Waals surface area (Å²) in [5, 5.41) is 3.53. The Morgan fingerprint density at radius 3 is 2.30 bits per heavy atom. The highest BCUT2D eigenvalue weighted by Gasteiger charge is 2.25. The number of nitrogens with one attached hydrogen (secondary N) is 1. The SMILES string of the molecule is CC(=O)[C@@H](CN1C[C@@H](C)N[C@@H](C)C1)c1ccc(C)cc1. The lowest BCUT2D eigenvalue weighted by atomic mass is 9.93. The zero-order chi connectivity index (χ0) is 14.7. The van der Waals surface area contributed by atoms with Crippen LogP contribution in [0.2, 0.25) is 0 Å². The first-order chi connectivity index (χ1) is 9.45. The number of rotatable bonds is 4. The minimum atomic E-state index is -0.00639. The average molecular weight is 274 g/mol. The fourth-order valence-corrected chi connectivity index (χ4v) is 3.11. The molecule has 0 spiro atoms. The zero-order valence-electron chi connectivity index (χ0n) is 13.0. The number of nitrogens with zero attached hydrogens (tertiary/aromatic N) is 1. The van der Waals surface area contributed by atoms with E-state index in [1.807, 2.05) is 0 Å². The van der Waals surface area contributed by atoms with Gasteiger partial charge in [-0.1, -0.05) is 29.8 Å². The Morgan fingerprint density at radius 2 is 1.80 bits per heavy atom. The van der Waals surface area contributed by atoms with Crippen LogP contribution >= 0.6 is 0 Å². The van der Waals surface area contributed by atoms with Crippen molar-refractivity contribution < 1.29 is 4.79 Å². The fourth-order valence-electron chi connectivity index (χ4n) is 3.11. The maximum absolute atomic E-state index is 12.0. The molecule has 3 nitrogen and oxygen atoms in total. The number of Topliss-reactive ketones (excluding diaryl/α,β-unsaturated/α-hetero) is 1. The number of carbonyl (C=O) groups excluding carboxylic acids is 1. The molecule has 0 saturated carbocycles. The van der Waals surface area contributed by atoms with Gasteiger partial charge in [-0.3, -0.25) is 9.69 Å². The highest BCUT2D eigenvalue weighted by Crippen LogP contribution is 2.20. The smallest absolute Gasteiger partial charge is 0.138 e. The van der Waals surface area contributed by atoms with E-state index in [-0.39, 0.29) is 11.7 Å². The second-order valence-corrected chi connectivity index (χ2v) is 6.26. The molecule has 1 heterocycles. The maximum atomic E-state index is 12.0. The van der Waals surface area contributed by atoms with Gasteiger partial charge in [0.15, 0.2) is 0 Å². The van der Waals surface area contributed by atoms with E-state index in [4.69, 9.17) is 0 Å². The van der Waals surface area contributed by atoms with E-state index in [0.29, 0.717) is 12.1 Å². The van der Waals surface area contributed by atoms with E-state index in [1.54, 1.807) is 6.92 Å². The van der Waals surface area contributed by atoms with Crippen LogP contribution in [0.15, 0.2) is 24.3 Å². The summed E-state index contributed by atoms with van der Waals surface area (Å²) in [7, 11) is 0. The van der Waals surface area contributed by atoms with Crippen LogP contribution in [0, 0.1) is 6.92 Å². The molecule has 0 unspecified atom stereocenters. The van der Waals surface area contributed by atoms with Crippen LogP contribution in [0.3, 0.4) is 0 Å². The van der Waals surface area contributed by atoms with E-state index >= 15 is 0 Å². The normalized spacial score (nSPS) is 25.4. The van der Waals surface area contributed by atoms with Crippen molar-refractivity contribution in [3.63, 3.8) is 0 Å². The van der Waals surface area contributed by atoms with Crippen LogP contribution < -0.4 is 5.32 Å². The monoisotopic (exact) mass is 274 g/mol. The van der Waals surface area contributed by atoms with Crippen LogP contribution in [0.25, 0.3) is 0 Å². The van der Waals surface area contributed by atoms with Gasteiger partial charge in [0, 0.05) is 31.7 Å². The Morgan fingerprint density at radius 1 is 1.25 bits per heavy atom. The molecule has 3 heteroatoms. The molecule has 1 fully saturated rings. The molecule has 1 aromatic carbocycles. The largest absolute Gasteiger partial charge is 0.309 e. The zero-order valence-corrected chi connectivity index (χ0v) is 13.0. The third-order valence-electron chi connectivity index (χ3n) is 4.04. The number of hydrogen-bond donors (Lipinski definition) is 1. The van der Waals surface area contributed by atoms with Gasteiger partial charge >= 0.3 is 0 Å². The molecule has 0 bridgehead atoms. The Hall–Kier alpha value is -1.19. The van der Waals surface area contributed by atoms with Crippen molar-refractivity contribution in [1.82, 2.24) is 10.2 Å². The lowest BCUT2D eigenvalue weighted by Gasteiger charge is -2.37. The van der Waals surface area contributed by atoms with Crippen LogP contribution in [0.5, 0.6) is 0 Å². The summed E-state index contributed by atoms with van der Waals surface area (Å²) in [6.07, 6.45) is 0. The van der Waals surface area contributed by atoms with Gasteiger partial charge in [-0.15, -0.1) is 0 Å². The summed E-state index contributed by atoms with van der Waals surface area (Å²) in [6, 6.07) is 9.35. The van der Waals surface area contributed by atoms with Gasteiger partial charge in [-0.25, -0.2) is 0 Å². The van der Waals surface area contributed by atoms with Gasteiger partial charge in [0.25, 0.3) is 0 Å². The molecule has 1 aromatic rings. The van der Waals surface area contributed by atoms with Gasteiger partial charge in [0.2, 0.25) is 0 Å². The molecule has 3 atom stereocenters. The van der Waals surface area contributed by atoms with E-state index in [1.165, 1.54) is 5.56 Å². The van der Waals surface area contributed by atoms with Crippen LogP contribution in [0.1, 0.15) is 37.8 Å². The lowest BCUT2D eigenvalue weighted by Crippen LogP contribution is -2.55. The quantitative estimate of drug-likeness (QED) is 0.915. The summed E-state index contributed by atoms with van der Waals surface area (Å²) >= 11 is 0. The molecule has 1 aliphatic rings. The second kappa shape index (κ2) is 6.51. The summed E-state index contributed by atoms with van der Waals surface area (Å²) in [4.78, 5) is 14.4. The third kappa shape index (κ3) is 3.90. The Bertz CT molecular complexity index is 445. The third-order valence-corrected chi connectivity index (χ3v) is 4.04. The van der Waals surface area contributed by atoms with Gasteiger partial charge in [-0.05, 0) is 33.3 Å². The molecule has 0 aliphatic carbocycles. The lowest BCUT2D eigenvalue weighted by molar-refractivity contribution is -0.119. The number of aryl methyl sites for hydroxylation is 1. The predicted octanol–water partition coefficient (Wildman–Crippen LogP) is 2.35. The first-order valence-corrected chi connectivity index (χ1v) is 7.51. The molecule has 1 aliphatic heterocycles. The number of benzene rings is 1. The molecule has 2 rings (SSSR count). The second-order valence-electron chi connectivity index (χ2n) is 6.26. The molecule has 0 radical (unpaired) electrons. The maximum Gasteiger partial charge on any atom is 0.138 e. The van der Waals surface area contributed by atoms with E-state index in [9.17, 15) is 4.79 Å². The van der Waals surface area contributed by atoms with Crippen molar-refractivity contribution in [2.45, 2.75) is 45.7 Å². The Kier molecular flexibility index (Phi) is 4.95. The Balaban J connectivity index is 2.09. The van der Waals surface area contributed by atoms with E-state index < -0.39 is 0 Å². The number of ketones is 1.